The Morgan fingerprint density at radius 2 is 1.67 bits per heavy atom. The van der Waals surface area contributed by atoms with Gasteiger partial charge in [-0.2, -0.15) is 17.5 Å². The van der Waals surface area contributed by atoms with E-state index in [0.717, 1.165) is 54.5 Å². The lowest BCUT2D eigenvalue weighted by molar-refractivity contribution is -0.139. The van der Waals surface area contributed by atoms with E-state index < -0.39 is 34.3 Å². The van der Waals surface area contributed by atoms with E-state index in [0.29, 0.717) is 23.4 Å². The number of fused-ring (bicyclic) bond motifs is 2. The molecule has 206 valence electrons. The summed E-state index contributed by atoms with van der Waals surface area (Å²) in [4.78, 5) is 10.9. The van der Waals surface area contributed by atoms with Crippen LogP contribution in [0.4, 0.5) is 13.2 Å². The SMILES string of the molecule is Cc1cc(S(=O)(=O)N2Cc3cc(-c4ccc(C(F)(F)F)cc4)ccc3C3(CCCC3)C2)ccc1OCC(=O)O. The molecule has 0 saturated heterocycles. The second-order valence-electron chi connectivity index (χ2n) is 10.3. The van der Waals surface area contributed by atoms with Gasteiger partial charge in [0.2, 0.25) is 10.0 Å². The number of benzene rings is 3. The maximum atomic E-state index is 13.8. The van der Waals surface area contributed by atoms with Gasteiger partial charge in [0.05, 0.1) is 10.5 Å². The number of sulfonamides is 1. The Hall–Kier alpha value is -3.37. The molecule has 0 bridgehead atoms. The number of carboxylic acid groups (broad SMARTS) is 1. The molecule has 6 nitrogen and oxygen atoms in total. The maximum Gasteiger partial charge on any atom is 0.416 e. The van der Waals surface area contributed by atoms with Crippen molar-refractivity contribution >= 4 is 16.0 Å². The third-order valence-corrected chi connectivity index (χ3v) is 9.53. The molecule has 10 heteroatoms. The van der Waals surface area contributed by atoms with Crippen molar-refractivity contribution in [1.29, 1.82) is 0 Å². The summed E-state index contributed by atoms with van der Waals surface area (Å²) in [5.41, 5.74) is 2.78. The maximum absolute atomic E-state index is 13.8. The van der Waals surface area contributed by atoms with Crippen LogP contribution in [-0.4, -0.2) is 37.0 Å². The highest BCUT2D eigenvalue weighted by molar-refractivity contribution is 7.89. The van der Waals surface area contributed by atoms with Crippen LogP contribution in [-0.2, 0) is 33.0 Å². The predicted molar refractivity (Wildman–Crippen MR) is 139 cm³/mol. The molecule has 39 heavy (non-hydrogen) atoms. The predicted octanol–water partition coefficient (Wildman–Crippen LogP) is 6.16. The third kappa shape index (κ3) is 5.27. The van der Waals surface area contributed by atoms with E-state index in [-0.39, 0.29) is 16.9 Å². The van der Waals surface area contributed by atoms with E-state index >= 15 is 0 Å². The van der Waals surface area contributed by atoms with Crippen LogP contribution in [0.25, 0.3) is 11.1 Å². The standard InChI is InChI=1S/C29H28F3NO5S/c1-19-14-24(9-11-26(19)38-17-27(34)35)39(36,37)33-16-22-15-21(20-4-7-23(8-5-20)29(30,31)32)6-10-25(22)28(18-33)12-2-3-13-28/h4-11,14-15H,2-3,12-13,16-18H2,1H3,(H,34,35). The normalized spacial score (nSPS) is 17.2. The lowest BCUT2D eigenvalue weighted by atomic mass is 9.74. The number of hydrogen-bond donors (Lipinski definition) is 1. The molecule has 1 aliphatic carbocycles. The summed E-state index contributed by atoms with van der Waals surface area (Å²) in [7, 11) is -3.90. The molecule has 0 radical (unpaired) electrons. The van der Waals surface area contributed by atoms with Gasteiger partial charge >= 0.3 is 12.1 Å². The Morgan fingerprint density at radius 3 is 2.28 bits per heavy atom. The van der Waals surface area contributed by atoms with Gasteiger partial charge in [-0.15, -0.1) is 0 Å². The molecular weight excluding hydrogens is 531 g/mol. The Morgan fingerprint density at radius 1 is 1.00 bits per heavy atom. The average molecular weight is 560 g/mol. The molecule has 1 heterocycles. The molecule has 1 fully saturated rings. The minimum Gasteiger partial charge on any atom is -0.482 e. The lowest BCUT2D eigenvalue weighted by Crippen LogP contribution is -2.46. The number of carboxylic acids is 1. The van der Waals surface area contributed by atoms with Crippen molar-refractivity contribution in [2.75, 3.05) is 13.2 Å². The van der Waals surface area contributed by atoms with Gasteiger partial charge in [-0.25, -0.2) is 13.2 Å². The van der Waals surface area contributed by atoms with Gasteiger partial charge in [0.15, 0.2) is 6.61 Å². The van der Waals surface area contributed by atoms with E-state index in [9.17, 15) is 26.4 Å². The second kappa shape index (κ2) is 9.98. The molecule has 1 N–H and O–H groups in total. The van der Waals surface area contributed by atoms with Gasteiger partial charge < -0.3 is 9.84 Å². The van der Waals surface area contributed by atoms with Crippen LogP contribution in [0.5, 0.6) is 5.75 Å². The largest absolute Gasteiger partial charge is 0.482 e. The Labute approximate surface area is 225 Å². The number of aryl methyl sites for hydroxylation is 1. The summed E-state index contributed by atoms with van der Waals surface area (Å²) in [6.07, 6.45) is -0.734. The molecule has 1 saturated carbocycles. The van der Waals surface area contributed by atoms with Crippen LogP contribution >= 0.6 is 0 Å². The first kappa shape index (κ1) is 27.2. The van der Waals surface area contributed by atoms with Gasteiger partial charge in [-0.3, -0.25) is 0 Å². The van der Waals surface area contributed by atoms with E-state index in [1.807, 2.05) is 18.2 Å². The fourth-order valence-electron chi connectivity index (χ4n) is 5.82. The monoisotopic (exact) mass is 559 g/mol. The number of hydrogen-bond acceptors (Lipinski definition) is 4. The van der Waals surface area contributed by atoms with Crippen molar-refractivity contribution in [2.24, 2.45) is 0 Å². The number of aliphatic carboxylic acids is 1. The zero-order valence-corrected chi connectivity index (χ0v) is 22.1. The van der Waals surface area contributed by atoms with Crippen LogP contribution < -0.4 is 4.74 Å². The Balaban J connectivity index is 1.49. The summed E-state index contributed by atoms with van der Waals surface area (Å²) < 4.78 is 73.5. The Kier molecular flexibility index (Phi) is 6.97. The van der Waals surface area contributed by atoms with Crippen molar-refractivity contribution in [3.63, 3.8) is 0 Å². The zero-order chi connectivity index (χ0) is 28.0. The number of ether oxygens (including phenoxy) is 1. The highest BCUT2D eigenvalue weighted by Crippen LogP contribution is 2.48. The first-order valence-electron chi connectivity index (χ1n) is 12.7. The Bertz CT molecular complexity index is 1510. The number of alkyl halides is 3. The van der Waals surface area contributed by atoms with Crippen molar-refractivity contribution in [3.8, 4) is 16.9 Å². The molecule has 1 aliphatic heterocycles. The van der Waals surface area contributed by atoms with Crippen molar-refractivity contribution in [3.05, 3.63) is 82.9 Å². The molecule has 1 spiro atoms. The summed E-state index contributed by atoms with van der Waals surface area (Å²) in [6.45, 7) is 1.62. The molecule has 3 aromatic rings. The smallest absolute Gasteiger partial charge is 0.416 e. The van der Waals surface area contributed by atoms with E-state index in [2.05, 4.69) is 0 Å². The highest BCUT2D eigenvalue weighted by atomic mass is 32.2. The zero-order valence-electron chi connectivity index (χ0n) is 21.3. The lowest BCUT2D eigenvalue weighted by Gasteiger charge is -2.41. The second-order valence-corrected chi connectivity index (χ2v) is 12.3. The first-order chi connectivity index (χ1) is 18.4. The van der Waals surface area contributed by atoms with Crippen LogP contribution in [0.2, 0.25) is 0 Å². The summed E-state index contributed by atoms with van der Waals surface area (Å²) in [5.74, 6) is -0.829. The van der Waals surface area contributed by atoms with Crippen molar-refractivity contribution in [1.82, 2.24) is 4.31 Å². The van der Waals surface area contributed by atoms with Crippen LogP contribution in [0.1, 0.15) is 47.9 Å². The topological polar surface area (TPSA) is 83.9 Å². The van der Waals surface area contributed by atoms with E-state index in [1.54, 1.807) is 6.92 Å². The fraction of sp³-hybridized carbons (Fsp3) is 0.345. The third-order valence-electron chi connectivity index (χ3n) is 7.74. The molecule has 0 aromatic heterocycles. The molecule has 0 amide bonds. The highest BCUT2D eigenvalue weighted by Gasteiger charge is 2.45. The van der Waals surface area contributed by atoms with Crippen LogP contribution in [0.3, 0.4) is 0 Å². The van der Waals surface area contributed by atoms with Crippen molar-refractivity contribution in [2.45, 2.75) is 55.6 Å². The van der Waals surface area contributed by atoms with Crippen LogP contribution in [0, 0.1) is 6.92 Å². The van der Waals surface area contributed by atoms with E-state index in [1.165, 1.54) is 34.6 Å². The summed E-state index contributed by atoms with van der Waals surface area (Å²) in [5, 5.41) is 8.86. The van der Waals surface area contributed by atoms with Gasteiger partial charge in [0.1, 0.15) is 5.75 Å². The van der Waals surface area contributed by atoms with Gasteiger partial charge in [0.25, 0.3) is 0 Å². The quantitative estimate of drug-likeness (QED) is 0.391. The minimum atomic E-state index is -4.42. The van der Waals surface area contributed by atoms with Crippen molar-refractivity contribution < 1.29 is 36.2 Å². The summed E-state index contributed by atoms with van der Waals surface area (Å²) in [6, 6.07) is 15.2. The fourth-order valence-corrected chi connectivity index (χ4v) is 7.41. The minimum absolute atomic E-state index is 0.0955. The van der Waals surface area contributed by atoms with Gasteiger partial charge in [-0.1, -0.05) is 37.1 Å². The van der Waals surface area contributed by atoms with Gasteiger partial charge in [0, 0.05) is 18.5 Å². The van der Waals surface area contributed by atoms with Crippen LogP contribution in [0.15, 0.2) is 65.6 Å². The molecule has 0 atom stereocenters. The van der Waals surface area contributed by atoms with E-state index in [4.69, 9.17) is 9.84 Å². The molecule has 3 aromatic carbocycles. The number of carbonyl (C=O) groups is 1. The van der Waals surface area contributed by atoms with Gasteiger partial charge in [-0.05, 0) is 84.0 Å². The number of nitrogens with zero attached hydrogens (tertiary/aromatic N) is 1. The molecule has 2 aliphatic rings. The molecule has 0 unspecified atom stereocenters. The molecule has 5 rings (SSSR count). The first-order valence-corrected chi connectivity index (χ1v) is 14.1. The average Bonchev–Trinajstić information content (AvgIpc) is 3.35. The summed E-state index contributed by atoms with van der Waals surface area (Å²) >= 11 is 0. The number of halogens is 3. The number of rotatable bonds is 6. The molecular formula is C29H28F3NO5S.